The molecule has 6 rings (SSSR count). The number of carbonyl (C=O) groups is 1. The van der Waals surface area contributed by atoms with E-state index in [0.717, 1.165) is 74.9 Å². The SMILES string of the molecule is CC(=O)NCC1CCN(Cc2cc(Oc3cnc(N4CC(N5CCC5)C4)nc3)nc(-c3cc(Cl)cc(Cl)c3)c2)CC1. The summed E-state index contributed by atoms with van der Waals surface area (Å²) in [5.41, 5.74) is 2.64. The number of hydrogen-bond acceptors (Lipinski definition) is 8. The summed E-state index contributed by atoms with van der Waals surface area (Å²) >= 11 is 12.6. The van der Waals surface area contributed by atoms with Crippen LogP contribution in [-0.2, 0) is 11.3 Å². The van der Waals surface area contributed by atoms with Crippen molar-refractivity contribution in [3.63, 3.8) is 0 Å². The summed E-state index contributed by atoms with van der Waals surface area (Å²) in [5.74, 6) is 2.27. The highest BCUT2D eigenvalue weighted by Gasteiger charge is 2.35. The highest BCUT2D eigenvalue weighted by molar-refractivity contribution is 6.35. The van der Waals surface area contributed by atoms with Crippen LogP contribution in [0.25, 0.3) is 11.3 Å². The molecule has 1 amide bonds. The molecule has 2 aromatic heterocycles. The van der Waals surface area contributed by atoms with Crippen molar-refractivity contribution >= 4 is 35.1 Å². The average Bonchev–Trinajstić information content (AvgIpc) is 2.89. The van der Waals surface area contributed by atoms with Crippen LogP contribution in [0.4, 0.5) is 5.95 Å². The van der Waals surface area contributed by atoms with E-state index in [1.807, 2.05) is 18.2 Å². The highest BCUT2D eigenvalue weighted by atomic mass is 35.5. The molecule has 0 saturated carbocycles. The molecule has 11 heteroatoms. The van der Waals surface area contributed by atoms with Crippen LogP contribution >= 0.6 is 23.2 Å². The second kappa shape index (κ2) is 12.5. The minimum Gasteiger partial charge on any atom is -0.436 e. The van der Waals surface area contributed by atoms with E-state index in [2.05, 4.69) is 36.1 Å². The molecule has 3 fully saturated rings. The van der Waals surface area contributed by atoms with E-state index in [-0.39, 0.29) is 5.91 Å². The number of piperidine rings is 1. The van der Waals surface area contributed by atoms with Gasteiger partial charge in [0, 0.05) is 60.8 Å². The fourth-order valence-electron chi connectivity index (χ4n) is 5.65. The lowest BCUT2D eigenvalue weighted by Crippen LogP contribution is -2.63. The van der Waals surface area contributed by atoms with Gasteiger partial charge in [0.05, 0.1) is 18.1 Å². The van der Waals surface area contributed by atoms with Gasteiger partial charge in [-0.15, -0.1) is 0 Å². The number of rotatable bonds is 9. The van der Waals surface area contributed by atoms with Gasteiger partial charge < -0.3 is 15.0 Å². The van der Waals surface area contributed by atoms with Gasteiger partial charge in [0.15, 0.2) is 5.75 Å². The molecule has 216 valence electrons. The lowest BCUT2D eigenvalue weighted by Gasteiger charge is -2.48. The molecule has 3 saturated heterocycles. The number of carbonyl (C=O) groups excluding carboxylic acids is 1. The normalized spacial score (nSPS) is 18.6. The second-order valence-electron chi connectivity index (χ2n) is 11.3. The number of ether oxygens (including phenoxy) is 1. The maximum Gasteiger partial charge on any atom is 0.225 e. The second-order valence-corrected chi connectivity index (χ2v) is 12.2. The van der Waals surface area contributed by atoms with Crippen LogP contribution in [0.1, 0.15) is 31.7 Å². The number of halogens is 2. The van der Waals surface area contributed by atoms with Gasteiger partial charge in [-0.2, -0.15) is 0 Å². The maximum absolute atomic E-state index is 11.3. The molecule has 41 heavy (non-hydrogen) atoms. The fraction of sp³-hybridized carbons (Fsp3) is 0.467. The number of amides is 1. The maximum atomic E-state index is 11.3. The minimum atomic E-state index is 0.0294. The number of aromatic nitrogens is 3. The van der Waals surface area contributed by atoms with Crippen LogP contribution in [0.3, 0.4) is 0 Å². The summed E-state index contributed by atoms with van der Waals surface area (Å²) in [6.07, 6.45) is 6.82. The summed E-state index contributed by atoms with van der Waals surface area (Å²) in [4.78, 5) is 32.3. The van der Waals surface area contributed by atoms with Crippen molar-refractivity contribution in [1.82, 2.24) is 30.1 Å². The first-order valence-electron chi connectivity index (χ1n) is 14.3. The van der Waals surface area contributed by atoms with Crippen LogP contribution in [0.5, 0.6) is 11.6 Å². The zero-order valence-corrected chi connectivity index (χ0v) is 24.7. The lowest BCUT2D eigenvalue weighted by molar-refractivity contribution is -0.119. The molecule has 0 bridgehead atoms. The molecule has 1 N–H and O–H groups in total. The zero-order chi connectivity index (χ0) is 28.3. The lowest BCUT2D eigenvalue weighted by atomic mass is 9.96. The molecule has 1 aromatic carbocycles. The molecule has 9 nitrogen and oxygen atoms in total. The fourth-order valence-corrected chi connectivity index (χ4v) is 6.17. The monoisotopic (exact) mass is 595 g/mol. The Kier molecular flexibility index (Phi) is 8.57. The van der Waals surface area contributed by atoms with Gasteiger partial charge in [-0.05, 0) is 81.2 Å². The Morgan fingerprint density at radius 2 is 1.71 bits per heavy atom. The molecule has 0 spiro atoms. The summed E-state index contributed by atoms with van der Waals surface area (Å²) < 4.78 is 6.19. The Labute approximate surface area is 250 Å². The minimum absolute atomic E-state index is 0.0294. The van der Waals surface area contributed by atoms with Gasteiger partial charge in [-0.1, -0.05) is 23.2 Å². The van der Waals surface area contributed by atoms with Crippen molar-refractivity contribution in [2.75, 3.05) is 50.7 Å². The standard InChI is InChI=1S/C30H35Cl2N7O2/c1-20(40)33-14-21-3-7-37(8-4-21)17-22-9-28(23-11-24(31)13-25(32)12-23)36-29(10-22)41-27-15-34-30(35-16-27)39-18-26(19-39)38-5-2-6-38/h9-13,15-16,21,26H,2-8,14,17-19H2,1H3,(H,33,40). The molecule has 3 aliphatic heterocycles. The Morgan fingerprint density at radius 1 is 1.00 bits per heavy atom. The number of likely N-dealkylation sites (tertiary alicyclic amines) is 2. The predicted molar refractivity (Wildman–Crippen MR) is 161 cm³/mol. The van der Waals surface area contributed by atoms with Crippen molar-refractivity contribution in [3.05, 3.63) is 58.3 Å². The van der Waals surface area contributed by atoms with Crippen LogP contribution < -0.4 is 15.0 Å². The van der Waals surface area contributed by atoms with E-state index in [4.69, 9.17) is 32.9 Å². The molecule has 5 heterocycles. The van der Waals surface area contributed by atoms with E-state index in [9.17, 15) is 4.79 Å². The quantitative estimate of drug-likeness (QED) is 0.374. The first kappa shape index (κ1) is 28.2. The summed E-state index contributed by atoms with van der Waals surface area (Å²) in [7, 11) is 0. The van der Waals surface area contributed by atoms with E-state index < -0.39 is 0 Å². The van der Waals surface area contributed by atoms with Crippen LogP contribution in [0.15, 0.2) is 42.7 Å². The smallest absolute Gasteiger partial charge is 0.225 e. The predicted octanol–water partition coefficient (Wildman–Crippen LogP) is 4.88. The molecule has 3 aliphatic rings. The highest BCUT2D eigenvalue weighted by Crippen LogP contribution is 2.31. The topological polar surface area (TPSA) is 86.7 Å². The van der Waals surface area contributed by atoms with E-state index in [1.165, 1.54) is 19.5 Å². The third kappa shape index (κ3) is 7.09. The van der Waals surface area contributed by atoms with Crippen LogP contribution in [0, 0.1) is 5.92 Å². The van der Waals surface area contributed by atoms with E-state index in [1.54, 1.807) is 25.4 Å². The molecule has 3 aromatic rings. The average molecular weight is 597 g/mol. The van der Waals surface area contributed by atoms with Gasteiger partial charge >= 0.3 is 0 Å². The number of anilines is 1. The van der Waals surface area contributed by atoms with E-state index in [0.29, 0.717) is 33.6 Å². The third-order valence-electron chi connectivity index (χ3n) is 8.16. The zero-order valence-electron chi connectivity index (χ0n) is 23.2. The Morgan fingerprint density at radius 3 is 2.34 bits per heavy atom. The Hall–Kier alpha value is -2.98. The first-order chi connectivity index (χ1) is 19.9. The first-order valence-corrected chi connectivity index (χ1v) is 15.1. The number of nitrogens with one attached hydrogen (secondary N) is 1. The van der Waals surface area contributed by atoms with Gasteiger partial charge in [0.25, 0.3) is 0 Å². The van der Waals surface area contributed by atoms with Crippen molar-refractivity contribution in [2.24, 2.45) is 5.92 Å². The largest absolute Gasteiger partial charge is 0.436 e. The Bertz CT molecular complexity index is 1350. The molecule has 0 radical (unpaired) electrons. The Balaban J connectivity index is 1.15. The van der Waals surface area contributed by atoms with Gasteiger partial charge in [0.1, 0.15) is 0 Å². The summed E-state index contributed by atoms with van der Waals surface area (Å²) in [5, 5.41) is 4.06. The molecule has 0 atom stereocenters. The molecule has 0 unspecified atom stereocenters. The third-order valence-corrected chi connectivity index (χ3v) is 8.60. The molecular formula is C30H35Cl2N7O2. The van der Waals surface area contributed by atoms with Gasteiger partial charge in [-0.25, -0.2) is 15.0 Å². The van der Waals surface area contributed by atoms with Gasteiger partial charge in [-0.3, -0.25) is 14.6 Å². The molecule has 0 aliphatic carbocycles. The van der Waals surface area contributed by atoms with Crippen LogP contribution in [-0.4, -0.2) is 82.5 Å². The van der Waals surface area contributed by atoms with Crippen LogP contribution in [0.2, 0.25) is 10.0 Å². The molecular weight excluding hydrogens is 561 g/mol. The van der Waals surface area contributed by atoms with Crippen molar-refractivity contribution in [2.45, 2.75) is 38.8 Å². The van der Waals surface area contributed by atoms with Crippen molar-refractivity contribution in [3.8, 4) is 22.9 Å². The number of pyridine rings is 1. The van der Waals surface area contributed by atoms with Gasteiger partial charge in [0.2, 0.25) is 17.7 Å². The summed E-state index contributed by atoms with van der Waals surface area (Å²) in [6.45, 7) is 9.36. The number of benzene rings is 1. The number of nitrogens with zero attached hydrogens (tertiary/aromatic N) is 6. The van der Waals surface area contributed by atoms with E-state index >= 15 is 0 Å². The number of hydrogen-bond donors (Lipinski definition) is 1. The summed E-state index contributed by atoms with van der Waals surface area (Å²) in [6, 6.07) is 10.1. The van der Waals surface area contributed by atoms with Crippen molar-refractivity contribution in [1.29, 1.82) is 0 Å². The van der Waals surface area contributed by atoms with Crippen molar-refractivity contribution < 1.29 is 9.53 Å².